The van der Waals surface area contributed by atoms with Crippen molar-refractivity contribution in [2.75, 3.05) is 0 Å². The van der Waals surface area contributed by atoms with Gasteiger partial charge in [0.25, 0.3) is 0 Å². The molecule has 0 aromatic heterocycles. The van der Waals surface area contributed by atoms with Crippen LogP contribution in [0.4, 0.5) is 0 Å². The van der Waals surface area contributed by atoms with Crippen LogP contribution < -0.4 is 0 Å². The van der Waals surface area contributed by atoms with E-state index in [1.54, 1.807) is 20.8 Å². The Labute approximate surface area is 72.1 Å². The van der Waals surface area contributed by atoms with Crippen LogP contribution in [0.15, 0.2) is 0 Å². The van der Waals surface area contributed by atoms with Crippen LogP contribution in [0.25, 0.3) is 0 Å². The third kappa shape index (κ3) is 4.99. The van der Waals surface area contributed by atoms with E-state index in [-0.39, 0.29) is 11.9 Å². The first-order chi connectivity index (χ1) is 4.33. The summed E-state index contributed by atoms with van der Waals surface area (Å²) < 4.78 is 3.83. The molecule has 0 aliphatic carbocycles. The van der Waals surface area contributed by atoms with E-state index in [2.05, 4.69) is 25.3 Å². The van der Waals surface area contributed by atoms with Gasteiger partial charge in [0.15, 0.2) is 4.27 Å². The van der Waals surface area contributed by atoms with E-state index in [1.807, 2.05) is 0 Å². The molecule has 0 rings (SSSR count). The van der Waals surface area contributed by atoms with Crippen molar-refractivity contribution < 1.29 is 9.53 Å². The molecule has 0 N–H and O–H groups in total. The van der Waals surface area contributed by atoms with Gasteiger partial charge in [0.2, 0.25) is 0 Å². The van der Waals surface area contributed by atoms with E-state index < -0.39 is 4.27 Å². The van der Waals surface area contributed by atoms with Crippen LogP contribution in [0, 0.1) is 5.92 Å². The fraction of sp³-hybridized carbons (Fsp3) is 0.833. The van der Waals surface area contributed by atoms with Crippen molar-refractivity contribution in [3.8, 4) is 0 Å². The number of hydrogen-bond donors (Lipinski definition) is 2. The average molecular weight is 180 g/mol. The first kappa shape index (κ1) is 10.2. The number of carbonyl (C=O) groups excluding carboxylic acids is 1. The van der Waals surface area contributed by atoms with Crippen molar-refractivity contribution in [1.82, 2.24) is 0 Å². The molecule has 2 nitrogen and oxygen atoms in total. The van der Waals surface area contributed by atoms with Gasteiger partial charge in [0.05, 0.1) is 5.92 Å². The molecule has 0 spiro atoms. The molecule has 4 heteroatoms. The Hall–Kier alpha value is 0.170. The Balaban J connectivity index is 3.81. The monoisotopic (exact) mass is 180 g/mol. The number of esters is 1. The molecule has 0 aliphatic rings. The fourth-order valence-electron chi connectivity index (χ4n) is 0.308. The van der Waals surface area contributed by atoms with Gasteiger partial charge in [-0.1, -0.05) is 13.8 Å². The Morgan fingerprint density at radius 1 is 1.50 bits per heavy atom. The zero-order chi connectivity index (χ0) is 8.36. The molecule has 0 fully saturated rings. The number of carbonyl (C=O) groups is 1. The summed E-state index contributed by atoms with van der Waals surface area (Å²) in [4.78, 5) is 10.8. The summed E-state index contributed by atoms with van der Waals surface area (Å²) in [5, 5.41) is 0. The molecule has 0 bridgehead atoms. The third-order valence-electron chi connectivity index (χ3n) is 0.765. The zero-order valence-electron chi connectivity index (χ0n) is 6.29. The predicted molar refractivity (Wildman–Crippen MR) is 47.3 cm³/mol. The third-order valence-corrected chi connectivity index (χ3v) is 0.948. The molecule has 0 aliphatic heterocycles. The SMILES string of the molecule is CC(C)C(=O)OC(C)(S)S. The van der Waals surface area contributed by atoms with Crippen molar-refractivity contribution in [2.24, 2.45) is 5.92 Å². The lowest BCUT2D eigenvalue weighted by atomic mass is 10.2. The normalized spacial score (nSPS) is 11.8. The standard InChI is InChI=1S/C6H12O2S2/c1-4(2)5(7)8-6(3,9)10/h4,9-10H,1-3H3. The van der Waals surface area contributed by atoms with E-state index in [4.69, 9.17) is 4.74 Å². The molecule has 0 aromatic rings. The van der Waals surface area contributed by atoms with Crippen molar-refractivity contribution >= 4 is 31.2 Å². The lowest BCUT2D eigenvalue weighted by molar-refractivity contribution is -0.149. The van der Waals surface area contributed by atoms with Crippen molar-refractivity contribution in [1.29, 1.82) is 0 Å². The van der Waals surface area contributed by atoms with E-state index in [9.17, 15) is 4.79 Å². The van der Waals surface area contributed by atoms with E-state index >= 15 is 0 Å². The second kappa shape index (κ2) is 3.53. The topological polar surface area (TPSA) is 26.3 Å². The zero-order valence-corrected chi connectivity index (χ0v) is 8.08. The molecular weight excluding hydrogens is 168 g/mol. The minimum Gasteiger partial charge on any atom is -0.439 e. The number of rotatable bonds is 2. The quantitative estimate of drug-likeness (QED) is 0.384. The highest BCUT2D eigenvalue weighted by atomic mass is 32.2. The fourth-order valence-corrected chi connectivity index (χ4v) is 0.488. The maximum Gasteiger partial charge on any atom is 0.310 e. The highest BCUT2D eigenvalue weighted by Crippen LogP contribution is 2.21. The van der Waals surface area contributed by atoms with Crippen LogP contribution in [0.5, 0.6) is 0 Å². The molecule has 0 radical (unpaired) electrons. The van der Waals surface area contributed by atoms with Gasteiger partial charge in [-0.3, -0.25) is 4.79 Å². The van der Waals surface area contributed by atoms with Gasteiger partial charge >= 0.3 is 5.97 Å². The van der Waals surface area contributed by atoms with Gasteiger partial charge in [-0.25, -0.2) is 0 Å². The summed E-state index contributed by atoms with van der Waals surface area (Å²) in [6.07, 6.45) is 0. The first-order valence-electron chi connectivity index (χ1n) is 3.00. The van der Waals surface area contributed by atoms with Crippen LogP contribution in [-0.2, 0) is 9.53 Å². The summed E-state index contributed by atoms with van der Waals surface area (Å²) >= 11 is 7.82. The number of thiol groups is 2. The average Bonchev–Trinajstić information content (AvgIpc) is 1.60. The molecule has 0 aromatic carbocycles. The minimum absolute atomic E-state index is 0.126. The van der Waals surface area contributed by atoms with Crippen molar-refractivity contribution in [3.05, 3.63) is 0 Å². The maximum atomic E-state index is 10.8. The highest BCUT2D eigenvalue weighted by Gasteiger charge is 2.20. The van der Waals surface area contributed by atoms with E-state index in [0.29, 0.717) is 0 Å². The van der Waals surface area contributed by atoms with Gasteiger partial charge in [0.1, 0.15) is 0 Å². The van der Waals surface area contributed by atoms with E-state index in [1.165, 1.54) is 0 Å². The first-order valence-corrected chi connectivity index (χ1v) is 3.90. The molecule has 0 saturated heterocycles. The number of hydrogen-bond acceptors (Lipinski definition) is 4. The van der Waals surface area contributed by atoms with Gasteiger partial charge in [-0.15, -0.1) is 25.3 Å². The van der Waals surface area contributed by atoms with Crippen LogP contribution >= 0.6 is 25.3 Å². The molecule has 0 heterocycles. The Morgan fingerprint density at radius 3 is 2.00 bits per heavy atom. The summed E-state index contributed by atoms with van der Waals surface area (Å²) in [5.41, 5.74) is 0. The summed E-state index contributed by atoms with van der Waals surface area (Å²) in [5.74, 6) is -0.411. The van der Waals surface area contributed by atoms with Crippen molar-refractivity contribution in [3.63, 3.8) is 0 Å². The van der Waals surface area contributed by atoms with Crippen LogP contribution in [0.3, 0.4) is 0 Å². The Morgan fingerprint density at radius 2 is 1.90 bits per heavy atom. The van der Waals surface area contributed by atoms with Crippen LogP contribution in [-0.4, -0.2) is 10.2 Å². The van der Waals surface area contributed by atoms with Gasteiger partial charge < -0.3 is 4.74 Å². The second-order valence-corrected chi connectivity index (χ2v) is 4.57. The summed E-state index contributed by atoms with van der Waals surface area (Å²) in [6.45, 7) is 5.12. The minimum atomic E-state index is -0.957. The smallest absolute Gasteiger partial charge is 0.310 e. The second-order valence-electron chi connectivity index (χ2n) is 2.51. The molecule has 0 saturated carbocycles. The van der Waals surface area contributed by atoms with Crippen LogP contribution in [0.2, 0.25) is 0 Å². The largest absolute Gasteiger partial charge is 0.439 e. The summed E-state index contributed by atoms with van der Waals surface area (Å²) in [7, 11) is 0. The molecule has 0 unspecified atom stereocenters. The van der Waals surface area contributed by atoms with E-state index in [0.717, 1.165) is 0 Å². The van der Waals surface area contributed by atoms with Gasteiger partial charge in [0, 0.05) is 0 Å². The molecule has 0 amide bonds. The highest BCUT2D eigenvalue weighted by molar-refractivity contribution is 8.00. The Kier molecular flexibility index (Phi) is 3.59. The molecular formula is C6H12O2S2. The lowest BCUT2D eigenvalue weighted by Gasteiger charge is -2.18. The lowest BCUT2D eigenvalue weighted by Crippen LogP contribution is -2.22. The van der Waals surface area contributed by atoms with Crippen molar-refractivity contribution in [2.45, 2.75) is 25.0 Å². The number of ether oxygens (including phenoxy) is 1. The molecule has 10 heavy (non-hydrogen) atoms. The summed E-state index contributed by atoms with van der Waals surface area (Å²) in [6, 6.07) is 0. The maximum absolute atomic E-state index is 10.8. The van der Waals surface area contributed by atoms with Crippen LogP contribution in [0.1, 0.15) is 20.8 Å². The predicted octanol–water partition coefficient (Wildman–Crippen LogP) is 1.72. The molecule has 60 valence electrons. The Bertz CT molecular complexity index is 126. The molecule has 0 atom stereocenters. The van der Waals surface area contributed by atoms with Gasteiger partial charge in [-0.2, -0.15) is 0 Å². The van der Waals surface area contributed by atoms with Gasteiger partial charge in [-0.05, 0) is 6.92 Å².